The first kappa shape index (κ1) is 12.0. The number of alkyl halides is 1. The molecule has 1 aromatic rings. The number of nitrogens with zero attached hydrogens (tertiary/aromatic N) is 1. The molecular weight excluding hydrogens is 252 g/mol. The van der Waals surface area contributed by atoms with Gasteiger partial charge in [-0.15, -0.1) is 0 Å². The van der Waals surface area contributed by atoms with E-state index in [-0.39, 0.29) is 17.1 Å². The van der Waals surface area contributed by atoms with Crippen LogP contribution in [-0.2, 0) is 9.59 Å². The lowest BCUT2D eigenvalue weighted by atomic mass is 10.1. The highest BCUT2D eigenvalue weighted by molar-refractivity contribution is 6.35. The average molecular weight is 260 g/mol. The third-order valence-corrected chi connectivity index (χ3v) is 2.88. The first-order chi connectivity index (χ1) is 8.04. The van der Waals surface area contributed by atoms with Crippen LogP contribution in [0.2, 0.25) is 5.02 Å². The maximum absolute atomic E-state index is 12.8. The van der Waals surface area contributed by atoms with Crippen molar-refractivity contribution in [3.05, 3.63) is 29.0 Å². The van der Waals surface area contributed by atoms with Crippen molar-refractivity contribution < 1.29 is 18.4 Å². The molecule has 1 fully saturated rings. The molecule has 0 N–H and O–H groups in total. The number of hydrogen-bond acceptors (Lipinski definition) is 2. The number of halogens is 3. The lowest BCUT2D eigenvalue weighted by Crippen LogP contribution is -2.31. The van der Waals surface area contributed by atoms with Crippen LogP contribution in [0.25, 0.3) is 0 Å². The van der Waals surface area contributed by atoms with Gasteiger partial charge in [-0.1, -0.05) is 11.6 Å². The second-order valence-electron chi connectivity index (χ2n) is 3.72. The lowest BCUT2D eigenvalue weighted by Gasteiger charge is -2.15. The molecule has 1 heterocycles. The van der Waals surface area contributed by atoms with Gasteiger partial charge in [0.15, 0.2) is 0 Å². The highest BCUT2D eigenvalue weighted by atomic mass is 35.5. The van der Waals surface area contributed by atoms with Gasteiger partial charge >= 0.3 is 0 Å². The molecule has 0 spiro atoms. The van der Waals surface area contributed by atoms with Crippen molar-refractivity contribution in [2.24, 2.45) is 5.92 Å². The molecule has 0 aliphatic carbocycles. The summed E-state index contributed by atoms with van der Waals surface area (Å²) in [5, 5.41) is -0.0498. The van der Waals surface area contributed by atoms with Crippen LogP contribution in [0.15, 0.2) is 18.2 Å². The van der Waals surface area contributed by atoms with E-state index in [9.17, 15) is 18.4 Å². The molecule has 0 saturated carbocycles. The molecule has 6 heteroatoms. The third kappa shape index (κ3) is 2.02. The molecule has 17 heavy (non-hydrogen) atoms. The van der Waals surface area contributed by atoms with Gasteiger partial charge in [-0.25, -0.2) is 9.29 Å². The van der Waals surface area contributed by atoms with Gasteiger partial charge in [0.2, 0.25) is 11.8 Å². The molecule has 0 bridgehead atoms. The van der Waals surface area contributed by atoms with E-state index < -0.39 is 30.2 Å². The van der Waals surface area contributed by atoms with Crippen LogP contribution in [0.5, 0.6) is 0 Å². The third-order valence-electron chi connectivity index (χ3n) is 2.58. The van der Waals surface area contributed by atoms with Crippen LogP contribution in [0.1, 0.15) is 6.42 Å². The standard InChI is InChI=1S/C11H8ClF2NO2/c12-8-4-7(14)1-2-9(8)15-10(16)3-6(5-13)11(15)17/h1-2,4,6H,3,5H2. The minimum absolute atomic E-state index is 0.0498. The molecule has 0 radical (unpaired) electrons. The monoisotopic (exact) mass is 259 g/mol. The van der Waals surface area contributed by atoms with Crippen LogP contribution in [0.4, 0.5) is 14.5 Å². The van der Waals surface area contributed by atoms with Gasteiger partial charge in [0.1, 0.15) is 12.5 Å². The predicted molar refractivity (Wildman–Crippen MR) is 58.0 cm³/mol. The fraction of sp³-hybridized carbons (Fsp3) is 0.273. The number of benzene rings is 1. The second-order valence-corrected chi connectivity index (χ2v) is 4.13. The second kappa shape index (κ2) is 4.41. The van der Waals surface area contributed by atoms with E-state index >= 15 is 0 Å². The van der Waals surface area contributed by atoms with E-state index in [1.54, 1.807) is 0 Å². The van der Waals surface area contributed by atoms with Crippen molar-refractivity contribution >= 4 is 29.1 Å². The summed E-state index contributed by atoms with van der Waals surface area (Å²) in [5.74, 6) is -2.68. The lowest BCUT2D eigenvalue weighted by molar-refractivity contribution is -0.122. The summed E-state index contributed by atoms with van der Waals surface area (Å²) in [5.41, 5.74) is 0.0963. The van der Waals surface area contributed by atoms with Crippen LogP contribution < -0.4 is 4.90 Å². The van der Waals surface area contributed by atoms with Gasteiger partial charge in [-0.2, -0.15) is 0 Å². The number of amides is 2. The summed E-state index contributed by atoms with van der Waals surface area (Å²) in [6, 6.07) is 3.32. The fourth-order valence-electron chi connectivity index (χ4n) is 1.73. The van der Waals surface area contributed by atoms with Gasteiger partial charge in [0.05, 0.1) is 16.6 Å². The van der Waals surface area contributed by atoms with Crippen molar-refractivity contribution in [3.8, 4) is 0 Å². The Bertz CT molecular complexity index is 492. The zero-order valence-electron chi connectivity index (χ0n) is 8.62. The molecule has 90 valence electrons. The van der Waals surface area contributed by atoms with Crippen LogP contribution in [-0.4, -0.2) is 18.5 Å². The molecule has 1 atom stereocenters. The molecule has 3 nitrogen and oxygen atoms in total. The van der Waals surface area contributed by atoms with Crippen molar-refractivity contribution in [2.75, 3.05) is 11.6 Å². The number of imide groups is 1. The number of carbonyl (C=O) groups is 2. The highest BCUT2D eigenvalue weighted by Gasteiger charge is 2.40. The highest BCUT2D eigenvalue weighted by Crippen LogP contribution is 2.32. The summed E-state index contributed by atoms with van der Waals surface area (Å²) in [4.78, 5) is 24.1. The number of rotatable bonds is 2. The molecule has 1 saturated heterocycles. The average Bonchev–Trinajstić information content (AvgIpc) is 2.55. The van der Waals surface area contributed by atoms with Crippen molar-refractivity contribution in [1.29, 1.82) is 0 Å². The fourth-order valence-corrected chi connectivity index (χ4v) is 1.98. The maximum atomic E-state index is 12.8. The summed E-state index contributed by atoms with van der Waals surface area (Å²) >= 11 is 5.75. The number of hydrogen-bond donors (Lipinski definition) is 0. The number of anilines is 1. The largest absolute Gasteiger partial charge is 0.274 e. The minimum Gasteiger partial charge on any atom is -0.274 e. The molecule has 1 aliphatic heterocycles. The SMILES string of the molecule is O=C1CC(CF)C(=O)N1c1ccc(F)cc1Cl. The Labute approximate surface area is 101 Å². The van der Waals surface area contributed by atoms with E-state index in [0.29, 0.717) is 0 Å². The summed E-state index contributed by atoms with van der Waals surface area (Å²) < 4.78 is 25.3. The first-order valence-corrected chi connectivity index (χ1v) is 5.30. The van der Waals surface area contributed by atoms with Gasteiger partial charge in [-0.3, -0.25) is 14.0 Å². The summed E-state index contributed by atoms with van der Waals surface area (Å²) in [6.45, 7) is -0.889. The smallest absolute Gasteiger partial charge is 0.240 e. The Kier molecular flexibility index (Phi) is 3.11. The summed E-state index contributed by atoms with van der Waals surface area (Å²) in [7, 11) is 0. The molecule has 1 aliphatic rings. The Morgan fingerprint density at radius 2 is 2.12 bits per heavy atom. The van der Waals surface area contributed by atoms with Gasteiger partial charge in [0, 0.05) is 6.42 Å². The van der Waals surface area contributed by atoms with Gasteiger partial charge in [-0.05, 0) is 18.2 Å². The van der Waals surface area contributed by atoms with E-state index in [2.05, 4.69) is 0 Å². The number of carbonyl (C=O) groups excluding carboxylic acids is 2. The Balaban J connectivity index is 2.40. The predicted octanol–water partition coefficient (Wildman–Crippen LogP) is 2.33. The Hall–Kier alpha value is -1.49. The van der Waals surface area contributed by atoms with Crippen molar-refractivity contribution in [2.45, 2.75) is 6.42 Å². The van der Waals surface area contributed by atoms with E-state index in [1.165, 1.54) is 6.07 Å². The van der Waals surface area contributed by atoms with E-state index in [1.807, 2.05) is 0 Å². The quantitative estimate of drug-likeness (QED) is 0.765. The first-order valence-electron chi connectivity index (χ1n) is 4.92. The van der Waals surface area contributed by atoms with E-state index in [0.717, 1.165) is 17.0 Å². The molecule has 1 aromatic carbocycles. The van der Waals surface area contributed by atoms with Crippen LogP contribution in [0.3, 0.4) is 0 Å². The minimum atomic E-state index is -0.955. The topological polar surface area (TPSA) is 37.4 Å². The Morgan fingerprint density at radius 3 is 2.65 bits per heavy atom. The van der Waals surface area contributed by atoms with Crippen LogP contribution >= 0.6 is 11.6 Å². The van der Waals surface area contributed by atoms with Gasteiger partial charge in [0.25, 0.3) is 0 Å². The Morgan fingerprint density at radius 1 is 1.41 bits per heavy atom. The molecule has 0 aromatic heterocycles. The summed E-state index contributed by atoms with van der Waals surface area (Å²) in [6.07, 6.45) is -0.178. The van der Waals surface area contributed by atoms with Crippen molar-refractivity contribution in [3.63, 3.8) is 0 Å². The molecular formula is C11H8ClF2NO2. The maximum Gasteiger partial charge on any atom is 0.240 e. The van der Waals surface area contributed by atoms with Gasteiger partial charge < -0.3 is 0 Å². The van der Waals surface area contributed by atoms with Crippen LogP contribution in [0, 0.1) is 11.7 Å². The zero-order chi connectivity index (χ0) is 12.6. The zero-order valence-corrected chi connectivity index (χ0v) is 9.38. The molecule has 1 unspecified atom stereocenters. The normalized spacial score (nSPS) is 20.2. The molecule has 2 amide bonds. The van der Waals surface area contributed by atoms with Crippen molar-refractivity contribution in [1.82, 2.24) is 0 Å². The molecule has 2 rings (SSSR count). The van der Waals surface area contributed by atoms with E-state index in [4.69, 9.17) is 11.6 Å².